The first-order chi connectivity index (χ1) is 11.1. The molecule has 0 atom stereocenters. The van der Waals surface area contributed by atoms with Crippen LogP contribution >= 0.6 is 0 Å². The fourth-order valence-electron chi connectivity index (χ4n) is 2.24. The summed E-state index contributed by atoms with van der Waals surface area (Å²) in [5.41, 5.74) is 3.71. The lowest BCUT2D eigenvalue weighted by Gasteiger charge is -2.10. The van der Waals surface area contributed by atoms with Gasteiger partial charge in [-0.3, -0.25) is 9.59 Å². The van der Waals surface area contributed by atoms with Crippen LogP contribution in [0.3, 0.4) is 0 Å². The van der Waals surface area contributed by atoms with E-state index in [1.807, 2.05) is 50.2 Å². The Labute approximate surface area is 136 Å². The summed E-state index contributed by atoms with van der Waals surface area (Å²) in [5, 5.41) is 5.74. The molecule has 23 heavy (non-hydrogen) atoms. The Kier molecular flexibility index (Phi) is 5.92. The summed E-state index contributed by atoms with van der Waals surface area (Å²) in [7, 11) is 0. The molecule has 0 aliphatic heterocycles. The molecule has 0 heterocycles. The Morgan fingerprint density at radius 3 is 2.43 bits per heavy atom. The fourth-order valence-corrected chi connectivity index (χ4v) is 2.24. The molecule has 0 radical (unpaired) electrons. The van der Waals surface area contributed by atoms with E-state index in [1.54, 1.807) is 12.1 Å². The number of hydrogen-bond donors (Lipinski definition) is 2. The highest BCUT2D eigenvalue weighted by Gasteiger charge is 2.07. The number of carbonyl (C=O) groups is 2. The molecule has 120 valence electrons. The normalized spacial score (nSPS) is 10.2. The first-order valence-electron chi connectivity index (χ1n) is 7.77. The lowest BCUT2D eigenvalue weighted by Crippen LogP contribution is -2.25. The van der Waals surface area contributed by atoms with Crippen LogP contribution in [0.1, 0.15) is 34.3 Å². The minimum atomic E-state index is -0.111. The summed E-state index contributed by atoms with van der Waals surface area (Å²) in [6, 6.07) is 14.9. The van der Waals surface area contributed by atoms with Crippen molar-refractivity contribution in [3.8, 4) is 0 Å². The monoisotopic (exact) mass is 310 g/mol. The average Bonchev–Trinajstić information content (AvgIpc) is 2.56. The Hall–Kier alpha value is -2.62. The predicted molar refractivity (Wildman–Crippen MR) is 92.6 cm³/mol. The van der Waals surface area contributed by atoms with Gasteiger partial charge in [-0.1, -0.05) is 30.3 Å². The predicted octanol–water partition coefficient (Wildman–Crippen LogP) is 3.45. The van der Waals surface area contributed by atoms with E-state index in [9.17, 15) is 9.59 Å². The van der Waals surface area contributed by atoms with Crippen LogP contribution in [0.4, 0.5) is 5.69 Å². The second kappa shape index (κ2) is 8.13. The minimum absolute atomic E-state index is 0.0346. The molecular formula is C19H22N2O2. The molecule has 2 rings (SSSR count). The molecule has 4 heteroatoms. The zero-order valence-electron chi connectivity index (χ0n) is 13.6. The van der Waals surface area contributed by atoms with Gasteiger partial charge in [0, 0.05) is 24.2 Å². The Bertz CT molecular complexity index is 681. The van der Waals surface area contributed by atoms with Crippen molar-refractivity contribution in [2.75, 3.05) is 11.9 Å². The first kappa shape index (κ1) is 16.7. The number of hydrogen-bond acceptors (Lipinski definition) is 2. The standard InChI is InChI=1S/C19H22N2O2/c1-14-8-6-11-17(15(14)2)21-18(22)12-7-13-20-19(23)16-9-4-3-5-10-16/h3-6,8-11H,7,12-13H2,1-2H3,(H,20,23)(H,21,22). The Balaban J connectivity index is 1.73. The van der Waals surface area contributed by atoms with Crippen LogP contribution in [0, 0.1) is 13.8 Å². The average molecular weight is 310 g/mol. The number of nitrogens with one attached hydrogen (secondary N) is 2. The summed E-state index contributed by atoms with van der Waals surface area (Å²) in [5.74, 6) is -0.145. The van der Waals surface area contributed by atoms with Gasteiger partial charge < -0.3 is 10.6 Å². The molecule has 2 aromatic rings. The SMILES string of the molecule is Cc1cccc(NC(=O)CCCNC(=O)c2ccccc2)c1C. The molecule has 0 aliphatic carbocycles. The summed E-state index contributed by atoms with van der Waals surface area (Å²) in [6.07, 6.45) is 0.984. The smallest absolute Gasteiger partial charge is 0.251 e. The van der Waals surface area contributed by atoms with E-state index >= 15 is 0 Å². The van der Waals surface area contributed by atoms with E-state index in [1.165, 1.54) is 0 Å². The van der Waals surface area contributed by atoms with Crippen LogP contribution in [-0.2, 0) is 4.79 Å². The molecule has 0 saturated heterocycles. The molecule has 0 unspecified atom stereocenters. The number of carbonyl (C=O) groups excluding carboxylic acids is 2. The van der Waals surface area contributed by atoms with Gasteiger partial charge in [0.15, 0.2) is 0 Å². The van der Waals surface area contributed by atoms with E-state index in [0.29, 0.717) is 24.9 Å². The van der Waals surface area contributed by atoms with Crippen LogP contribution in [0.5, 0.6) is 0 Å². The van der Waals surface area contributed by atoms with E-state index in [2.05, 4.69) is 10.6 Å². The largest absolute Gasteiger partial charge is 0.352 e. The van der Waals surface area contributed by atoms with Crippen molar-refractivity contribution in [2.24, 2.45) is 0 Å². The van der Waals surface area contributed by atoms with Crippen LogP contribution in [0.25, 0.3) is 0 Å². The quantitative estimate of drug-likeness (QED) is 0.803. The lowest BCUT2D eigenvalue weighted by molar-refractivity contribution is -0.116. The van der Waals surface area contributed by atoms with Crippen molar-refractivity contribution in [1.82, 2.24) is 5.32 Å². The highest BCUT2D eigenvalue weighted by molar-refractivity contribution is 5.94. The highest BCUT2D eigenvalue weighted by Crippen LogP contribution is 2.18. The van der Waals surface area contributed by atoms with Gasteiger partial charge in [-0.15, -0.1) is 0 Å². The second-order valence-electron chi connectivity index (χ2n) is 5.52. The van der Waals surface area contributed by atoms with Crippen LogP contribution in [0.15, 0.2) is 48.5 Å². The van der Waals surface area contributed by atoms with Crippen molar-refractivity contribution in [1.29, 1.82) is 0 Å². The van der Waals surface area contributed by atoms with Gasteiger partial charge in [0.05, 0.1) is 0 Å². The first-order valence-corrected chi connectivity index (χ1v) is 7.77. The van der Waals surface area contributed by atoms with Gasteiger partial charge in [-0.2, -0.15) is 0 Å². The lowest BCUT2D eigenvalue weighted by atomic mass is 10.1. The zero-order valence-corrected chi connectivity index (χ0v) is 13.6. The molecule has 0 aliphatic rings. The maximum absolute atomic E-state index is 12.0. The molecule has 0 fully saturated rings. The Morgan fingerprint density at radius 1 is 0.957 bits per heavy atom. The minimum Gasteiger partial charge on any atom is -0.352 e. The molecule has 2 amide bonds. The summed E-state index contributed by atoms with van der Waals surface area (Å²) >= 11 is 0. The van der Waals surface area contributed by atoms with Crippen molar-refractivity contribution >= 4 is 17.5 Å². The van der Waals surface area contributed by atoms with Crippen molar-refractivity contribution in [2.45, 2.75) is 26.7 Å². The van der Waals surface area contributed by atoms with Crippen molar-refractivity contribution < 1.29 is 9.59 Å². The summed E-state index contributed by atoms with van der Waals surface area (Å²) in [6.45, 7) is 4.49. The van der Waals surface area contributed by atoms with E-state index < -0.39 is 0 Å². The van der Waals surface area contributed by atoms with Gasteiger partial charge >= 0.3 is 0 Å². The molecule has 2 N–H and O–H groups in total. The summed E-state index contributed by atoms with van der Waals surface area (Å²) < 4.78 is 0. The van der Waals surface area contributed by atoms with Crippen molar-refractivity contribution in [3.05, 3.63) is 65.2 Å². The number of anilines is 1. The highest BCUT2D eigenvalue weighted by atomic mass is 16.2. The van der Waals surface area contributed by atoms with Crippen molar-refractivity contribution in [3.63, 3.8) is 0 Å². The van der Waals surface area contributed by atoms with Gasteiger partial charge in [-0.05, 0) is 49.6 Å². The number of aryl methyl sites for hydroxylation is 1. The second-order valence-corrected chi connectivity index (χ2v) is 5.52. The topological polar surface area (TPSA) is 58.2 Å². The fraction of sp³-hybridized carbons (Fsp3) is 0.263. The summed E-state index contributed by atoms with van der Waals surface area (Å²) in [4.78, 5) is 23.8. The number of rotatable bonds is 6. The zero-order chi connectivity index (χ0) is 16.7. The third kappa shape index (κ3) is 4.95. The van der Waals surface area contributed by atoms with Crippen LogP contribution in [-0.4, -0.2) is 18.4 Å². The van der Waals surface area contributed by atoms with Gasteiger partial charge in [0.2, 0.25) is 5.91 Å². The number of amides is 2. The van der Waals surface area contributed by atoms with E-state index in [0.717, 1.165) is 16.8 Å². The van der Waals surface area contributed by atoms with Gasteiger partial charge in [0.1, 0.15) is 0 Å². The van der Waals surface area contributed by atoms with Gasteiger partial charge in [-0.25, -0.2) is 0 Å². The third-order valence-electron chi connectivity index (χ3n) is 3.78. The van der Waals surface area contributed by atoms with E-state index in [4.69, 9.17) is 0 Å². The molecule has 2 aromatic carbocycles. The number of benzene rings is 2. The van der Waals surface area contributed by atoms with Crippen LogP contribution in [0.2, 0.25) is 0 Å². The maximum atomic E-state index is 12.0. The van der Waals surface area contributed by atoms with Crippen LogP contribution < -0.4 is 10.6 Å². The van der Waals surface area contributed by atoms with Gasteiger partial charge in [0.25, 0.3) is 5.91 Å². The maximum Gasteiger partial charge on any atom is 0.251 e. The third-order valence-corrected chi connectivity index (χ3v) is 3.78. The molecule has 0 saturated carbocycles. The molecule has 4 nitrogen and oxygen atoms in total. The molecule has 0 aromatic heterocycles. The molecule has 0 bridgehead atoms. The molecule has 0 spiro atoms. The van der Waals surface area contributed by atoms with E-state index in [-0.39, 0.29) is 11.8 Å². The Morgan fingerprint density at radius 2 is 1.70 bits per heavy atom. The molecular weight excluding hydrogens is 288 g/mol.